The van der Waals surface area contributed by atoms with Gasteiger partial charge in [-0.1, -0.05) is 0 Å². The number of aliphatic carboxylic acids is 3. The lowest BCUT2D eigenvalue weighted by molar-refractivity contribution is -0.165. The number of rotatable bonds is 4. The SMILES string of the molecule is CC(O)C(=O)O.O=C(O)C(O)C(O)C(=O)O. The number of carboxylic acid groups (broad SMARTS) is 3. The van der Waals surface area contributed by atoms with E-state index in [4.69, 9.17) is 30.6 Å². The predicted octanol–water partition coefficient (Wildman–Crippen LogP) is -2.67. The molecule has 0 saturated heterocycles. The van der Waals surface area contributed by atoms with Crippen LogP contribution in [0.1, 0.15) is 6.92 Å². The molecule has 0 aromatic rings. The Kier molecular flexibility index (Phi) is 7.90. The van der Waals surface area contributed by atoms with Crippen LogP contribution in [0.5, 0.6) is 0 Å². The van der Waals surface area contributed by atoms with Gasteiger partial charge in [-0.05, 0) is 6.92 Å². The zero-order valence-corrected chi connectivity index (χ0v) is 8.14. The van der Waals surface area contributed by atoms with Crippen LogP contribution >= 0.6 is 0 Å². The molecule has 0 aliphatic carbocycles. The highest BCUT2D eigenvalue weighted by molar-refractivity contribution is 5.83. The third-order valence-corrected chi connectivity index (χ3v) is 1.16. The van der Waals surface area contributed by atoms with Crippen molar-refractivity contribution in [1.82, 2.24) is 0 Å². The summed E-state index contributed by atoms with van der Waals surface area (Å²) in [6.07, 6.45) is -5.76. The first kappa shape index (κ1) is 16.7. The Balaban J connectivity index is 0. The summed E-state index contributed by atoms with van der Waals surface area (Å²) in [7, 11) is 0. The van der Waals surface area contributed by atoms with Crippen LogP contribution in [0, 0.1) is 0 Å². The lowest BCUT2D eigenvalue weighted by atomic mass is 10.2. The monoisotopic (exact) mass is 240 g/mol. The third kappa shape index (κ3) is 7.67. The van der Waals surface area contributed by atoms with Crippen molar-refractivity contribution in [3.8, 4) is 0 Å². The molecule has 0 rings (SSSR count). The van der Waals surface area contributed by atoms with Gasteiger partial charge in [0.25, 0.3) is 0 Å². The normalized spacial score (nSPS) is 15.0. The van der Waals surface area contributed by atoms with Crippen molar-refractivity contribution in [3.05, 3.63) is 0 Å². The highest BCUT2D eigenvalue weighted by Gasteiger charge is 2.29. The van der Waals surface area contributed by atoms with Crippen LogP contribution in [0.15, 0.2) is 0 Å². The summed E-state index contributed by atoms with van der Waals surface area (Å²) in [5.74, 6) is -4.72. The minimum Gasteiger partial charge on any atom is -0.479 e. The molecule has 0 saturated carbocycles. The van der Waals surface area contributed by atoms with Gasteiger partial charge in [0.05, 0.1) is 0 Å². The summed E-state index contributed by atoms with van der Waals surface area (Å²) in [4.78, 5) is 29.0. The maximum atomic E-state index is 9.77. The van der Waals surface area contributed by atoms with Crippen LogP contribution in [0.2, 0.25) is 0 Å². The molecule has 9 heteroatoms. The first-order valence-corrected chi connectivity index (χ1v) is 3.83. The summed E-state index contributed by atoms with van der Waals surface area (Å²) in [6, 6.07) is 0. The Morgan fingerprint density at radius 1 is 0.750 bits per heavy atom. The van der Waals surface area contributed by atoms with Crippen molar-refractivity contribution >= 4 is 17.9 Å². The number of aliphatic hydroxyl groups excluding tert-OH is 3. The molecule has 0 bridgehead atoms. The first-order chi connectivity index (χ1) is 7.11. The summed E-state index contributed by atoms with van der Waals surface area (Å²) >= 11 is 0. The van der Waals surface area contributed by atoms with Crippen LogP contribution in [0.3, 0.4) is 0 Å². The van der Waals surface area contributed by atoms with Gasteiger partial charge in [-0.3, -0.25) is 0 Å². The zero-order valence-electron chi connectivity index (χ0n) is 8.14. The molecule has 3 atom stereocenters. The average molecular weight is 240 g/mol. The second-order valence-corrected chi connectivity index (χ2v) is 2.58. The van der Waals surface area contributed by atoms with E-state index in [-0.39, 0.29) is 0 Å². The molecule has 0 amide bonds. The maximum Gasteiger partial charge on any atom is 0.335 e. The second kappa shape index (κ2) is 7.56. The Morgan fingerprint density at radius 3 is 1.00 bits per heavy atom. The highest BCUT2D eigenvalue weighted by Crippen LogP contribution is 1.92. The van der Waals surface area contributed by atoms with Crippen LogP contribution in [-0.4, -0.2) is 66.9 Å². The second-order valence-electron chi connectivity index (χ2n) is 2.58. The summed E-state index contributed by atoms with van der Waals surface area (Å²) in [5.41, 5.74) is 0. The van der Waals surface area contributed by atoms with E-state index in [9.17, 15) is 14.4 Å². The van der Waals surface area contributed by atoms with E-state index >= 15 is 0 Å². The van der Waals surface area contributed by atoms with Crippen molar-refractivity contribution in [1.29, 1.82) is 0 Å². The van der Waals surface area contributed by atoms with Crippen LogP contribution in [0.25, 0.3) is 0 Å². The zero-order chi connectivity index (χ0) is 13.5. The standard InChI is InChI=1S/C4H6O6.C3H6O3/c5-1(3(7)8)2(6)4(9)10;1-2(4)3(5)6/h1-2,5-6H,(H,7,8)(H,9,10);2,4H,1H3,(H,5,6). The van der Waals surface area contributed by atoms with E-state index in [1.807, 2.05) is 0 Å². The molecule has 0 radical (unpaired) electrons. The molecule has 94 valence electrons. The molecule has 0 fully saturated rings. The van der Waals surface area contributed by atoms with Gasteiger partial charge in [0, 0.05) is 0 Å². The molecule has 9 nitrogen and oxygen atoms in total. The van der Waals surface area contributed by atoms with E-state index in [0.717, 1.165) is 0 Å². The van der Waals surface area contributed by atoms with E-state index in [1.54, 1.807) is 0 Å². The smallest absolute Gasteiger partial charge is 0.335 e. The van der Waals surface area contributed by atoms with Gasteiger partial charge in [0.2, 0.25) is 0 Å². The topological polar surface area (TPSA) is 173 Å². The fourth-order valence-electron chi connectivity index (χ4n) is 0.270. The number of aliphatic hydroxyl groups is 3. The summed E-state index contributed by atoms with van der Waals surface area (Å²) in [5, 5.41) is 48.3. The van der Waals surface area contributed by atoms with Gasteiger partial charge in [0.15, 0.2) is 12.2 Å². The molecule has 6 N–H and O–H groups in total. The number of carboxylic acids is 3. The Hall–Kier alpha value is -1.71. The van der Waals surface area contributed by atoms with Gasteiger partial charge in [0.1, 0.15) is 6.10 Å². The highest BCUT2D eigenvalue weighted by atomic mass is 16.4. The lowest BCUT2D eigenvalue weighted by Gasteiger charge is -2.07. The molecule has 0 aromatic carbocycles. The largest absolute Gasteiger partial charge is 0.479 e. The summed E-state index contributed by atoms with van der Waals surface area (Å²) < 4.78 is 0. The lowest BCUT2D eigenvalue weighted by Crippen LogP contribution is -2.39. The van der Waals surface area contributed by atoms with Gasteiger partial charge in [-0.2, -0.15) is 0 Å². The first-order valence-electron chi connectivity index (χ1n) is 3.83. The quantitative estimate of drug-likeness (QED) is 0.306. The Morgan fingerprint density at radius 2 is 0.938 bits per heavy atom. The minimum absolute atomic E-state index is 1.19. The molecule has 0 heterocycles. The van der Waals surface area contributed by atoms with Crippen molar-refractivity contribution in [2.75, 3.05) is 0 Å². The Bertz CT molecular complexity index is 241. The molecule has 16 heavy (non-hydrogen) atoms. The maximum absolute atomic E-state index is 9.77. The molecule has 0 aliphatic rings. The van der Waals surface area contributed by atoms with Crippen LogP contribution in [0.4, 0.5) is 0 Å². The van der Waals surface area contributed by atoms with E-state index in [0.29, 0.717) is 0 Å². The molecule has 3 unspecified atom stereocenters. The van der Waals surface area contributed by atoms with Gasteiger partial charge in [-0.15, -0.1) is 0 Å². The average Bonchev–Trinajstić information content (AvgIpc) is 2.15. The number of carbonyl (C=O) groups is 3. The third-order valence-electron chi connectivity index (χ3n) is 1.16. The fourth-order valence-corrected chi connectivity index (χ4v) is 0.270. The van der Waals surface area contributed by atoms with E-state index in [2.05, 4.69) is 0 Å². The van der Waals surface area contributed by atoms with Crippen molar-refractivity contribution in [2.45, 2.75) is 25.2 Å². The molecule has 0 aliphatic heterocycles. The number of hydrogen-bond acceptors (Lipinski definition) is 6. The van der Waals surface area contributed by atoms with Crippen LogP contribution < -0.4 is 0 Å². The van der Waals surface area contributed by atoms with Gasteiger partial charge in [-0.25, -0.2) is 14.4 Å². The fraction of sp³-hybridized carbons (Fsp3) is 0.571. The van der Waals surface area contributed by atoms with Crippen LogP contribution in [-0.2, 0) is 14.4 Å². The van der Waals surface area contributed by atoms with Crippen molar-refractivity contribution in [2.24, 2.45) is 0 Å². The predicted molar refractivity (Wildman–Crippen MR) is 46.6 cm³/mol. The molecular weight excluding hydrogens is 228 g/mol. The Labute approximate surface area is 89.2 Å². The molecular formula is C7H12O9. The molecule has 0 spiro atoms. The van der Waals surface area contributed by atoms with Crippen molar-refractivity contribution < 1.29 is 45.0 Å². The van der Waals surface area contributed by atoms with Crippen molar-refractivity contribution in [3.63, 3.8) is 0 Å². The number of hydrogen-bond donors (Lipinski definition) is 6. The van der Waals surface area contributed by atoms with E-state index < -0.39 is 36.2 Å². The summed E-state index contributed by atoms with van der Waals surface area (Å²) in [6.45, 7) is 1.20. The molecule has 0 aromatic heterocycles. The van der Waals surface area contributed by atoms with Gasteiger partial charge >= 0.3 is 17.9 Å². The minimum atomic E-state index is -2.27. The van der Waals surface area contributed by atoms with E-state index in [1.165, 1.54) is 6.92 Å². The van der Waals surface area contributed by atoms with Gasteiger partial charge < -0.3 is 30.6 Å².